The van der Waals surface area contributed by atoms with E-state index in [0.29, 0.717) is 3.95 Å². The molecule has 66 valence electrons. The van der Waals surface area contributed by atoms with Gasteiger partial charge in [0, 0.05) is 11.6 Å². The van der Waals surface area contributed by atoms with Gasteiger partial charge in [0.25, 0.3) is 0 Å². The van der Waals surface area contributed by atoms with Crippen LogP contribution in [0.3, 0.4) is 0 Å². The van der Waals surface area contributed by atoms with Gasteiger partial charge in [-0.05, 0) is 19.1 Å². The van der Waals surface area contributed by atoms with E-state index in [4.69, 9.17) is 12.2 Å². The molecule has 0 saturated heterocycles. The maximum atomic E-state index is 11.1. The lowest BCUT2D eigenvalue weighted by Gasteiger charge is -2.09. The van der Waals surface area contributed by atoms with Crippen LogP contribution in [0.25, 0.3) is 0 Å². The van der Waals surface area contributed by atoms with Crippen LogP contribution in [0.4, 0.5) is 0 Å². The fourth-order valence-electron chi connectivity index (χ4n) is 0.847. The third kappa shape index (κ3) is 1.73. The summed E-state index contributed by atoms with van der Waals surface area (Å²) >= 11 is 6.43. The Balaban J connectivity index is 2.92. The Kier molecular flexibility index (Phi) is 2.99. The zero-order valence-electron chi connectivity index (χ0n) is 6.81. The van der Waals surface area contributed by atoms with Crippen molar-refractivity contribution in [2.75, 3.05) is 7.11 Å². The van der Waals surface area contributed by atoms with Gasteiger partial charge in [0.1, 0.15) is 6.04 Å². The van der Waals surface area contributed by atoms with Gasteiger partial charge in [0.15, 0.2) is 3.95 Å². The summed E-state index contributed by atoms with van der Waals surface area (Å²) in [5.41, 5.74) is 0. The Labute approximate surface area is 79.6 Å². The van der Waals surface area contributed by atoms with Crippen LogP contribution in [0.1, 0.15) is 13.0 Å². The lowest BCUT2D eigenvalue weighted by Crippen LogP contribution is -2.16. The van der Waals surface area contributed by atoms with Crippen LogP contribution in [-0.4, -0.2) is 17.6 Å². The van der Waals surface area contributed by atoms with Crippen molar-refractivity contribution in [2.45, 2.75) is 13.0 Å². The molecule has 3 nitrogen and oxygen atoms in total. The van der Waals surface area contributed by atoms with Crippen molar-refractivity contribution in [3.05, 3.63) is 15.5 Å². The molecule has 1 unspecified atom stereocenters. The molecule has 0 spiro atoms. The number of esters is 1. The second-order valence-electron chi connectivity index (χ2n) is 2.28. The Morgan fingerprint density at radius 2 is 2.50 bits per heavy atom. The lowest BCUT2D eigenvalue weighted by atomic mass is 10.3. The van der Waals surface area contributed by atoms with E-state index in [1.165, 1.54) is 18.4 Å². The highest BCUT2D eigenvalue weighted by Crippen LogP contribution is 2.12. The molecule has 12 heavy (non-hydrogen) atoms. The first-order valence-corrected chi connectivity index (χ1v) is 4.69. The minimum atomic E-state index is -0.325. The summed E-state index contributed by atoms with van der Waals surface area (Å²) in [7, 11) is 1.37. The number of carbonyl (C=O) groups is 1. The van der Waals surface area contributed by atoms with Crippen LogP contribution >= 0.6 is 23.6 Å². The summed E-state index contributed by atoms with van der Waals surface area (Å²) in [5, 5.41) is 1.85. The maximum Gasteiger partial charge on any atom is 0.328 e. The Hall–Kier alpha value is -0.680. The zero-order chi connectivity index (χ0) is 9.14. The second kappa shape index (κ2) is 3.82. The maximum absolute atomic E-state index is 11.1. The smallest absolute Gasteiger partial charge is 0.328 e. The standard InChI is InChI=1S/C7H9NO2S2/c1-5(6(9)10-2)8-3-4-12-7(8)11/h3-5H,1-2H3. The first kappa shape index (κ1) is 9.41. The Morgan fingerprint density at radius 3 is 2.92 bits per heavy atom. The summed E-state index contributed by atoms with van der Waals surface area (Å²) in [5.74, 6) is -0.274. The number of rotatable bonds is 2. The average Bonchev–Trinajstić information content (AvgIpc) is 2.48. The summed E-state index contributed by atoms with van der Waals surface area (Å²) in [4.78, 5) is 11.1. The van der Waals surface area contributed by atoms with E-state index in [1.807, 2.05) is 5.38 Å². The molecule has 0 aliphatic heterocycles. The van der Waals surface area contributed by atoms with Crippen LogP contribution in [0.15, 0.2) is 11.6 Å². The number of hydrogen-bond donors (Lipinski definition) is 0. The van der Waals surface area contributed by atoms with E-state index in [1.54, 1.807) is 17.7 Å². The normalized spacial score (nSPS) is 12.5. The van der Waals surface area contributed by atoms with Crippen molar-refractivity contribution >= 4 is 29.5 Å². The number of ether oxygens (including phenoxy) is 1. The minimum Gasteiger partial charge on any atom is -0.467 e. The topological polar surface area (TPSA) is 31.2 Å². The van der Waals surface area contributed by atoms with Crippen LogP contribution in [-0.2, 0) is 9.53 Å². The summed E-state index contributed by atoms with van der Waals surface area (Å²) in [6.45, 7) is 1.76. The van der Waals surface area contributed by atoms with Crippen molar-refractivity contribution < 1.29 is 9.53 Å². The Bertz CT molecular complexity index is 328. The molecule has 1 rings (SSSR count). The van der Waals surface area contributed by atoms with Crippen LogP contribution < -0.4 is 0 Å². The van der Waals surface area contributed by atoms with Crippen molar-refractivity contribution in [3.63, 3.8) is 0 Å². The van der Waals surface area contributed by atoms with Crippen LogP contribution in [0, 0.1) is 3.95 Å². The van der Waals surface area contributed by atoms with E-state index in [9.17, 15) is 4.79 Å². The SMILES string of the molecule is COC(=O)C(C)n1ccsc1=S. The zero-order valence-corrected chi connectivity index (χ0v) is 8.45. The van der Waals surface area contributed by atoms with Gasteiger partial charge in [-0.15, -0.1) is 11.3 Å². The largest absolute Gasteiger partial charge is 0.467 e. The molecule has 0 N–H and O–H groups in total. The van der Waals surface area contributed by atoms with Gasteiger partial charge in [-0.3, -0.25) is 0 Å². The van der Waals surface area contributed by atoms with Gasteiger partial charge < -0.3 is 9.30 Å². The fourth-order valence-corrected chi connectivity index (χ4v) is 1.88. The van der Waals surface area contributed by atoms with E-state index < -0.39 is 0 Å². The van der Waals surface area contributed by atoms with Gasteiger partial charge in [0.05, 0.1) is 7.11 Å². The number of thiazole rings is 1. The molecular formula is C7H9NO2S2. The fraction of sp³-hybridized carbons (Fsp3) is 0.429. The number of methoxy groups -OCH3 is 1. The van der Waals surface area contributed by atoms with E-state index >= 15 is 0 Å². The molecule has 5 heteroatoms. The van der Waals surface area contributed by atoms with Gasteiger partial charge >= 0.3 is 5.97 Å². The number of aromatic nitrogens is 1. The molecule has 0 amide bonds. The first-order chi connectivity index (χ1) is 5.66. The molecule has 0 aliphatic carbocycles. The van der Waals surface area contributed by atoms with Crippen LogP contribution in [0.5, 0.6) is 0 Å². The quantitative estimate of drug-likeness (QED) is 0.544. The third-order valence-corrected chi connectivity index (χ3v) is 2.73. The van der Waals surface area contributed by atoms with E-state index in [2.05, 4.69) is 4.74 Å². The monoisotopic (exact) mass is 203 g/mol. The van der Waals surface area contributed by atoms with E-state index in [0.717, 1.165) is 0 Å². The number of carbonyl (C=O) groups excluding carboxylic acids is 1. The molecule has 1 aromatic heterocycles. The highest BCUT2D eigenvalue weighted by molar-refractivity contribution is 7.73. The van der Waals surface area contributed by atoms with Gasteiger partial charge in [-0.25, -0.2) is 4.79 Å². The minimum absolute atomic E-state index is 0.274. The highest BCUT2D eigenvalue weighted by Gasteiger charge is 2.14. The molecular weight excluding hydrogens is 194 g/mol. The molecule has 0 bridgehead atoms. The Morgan fingerprint density at radius 1 is 1.83 bits per heavy atom. The first-order valence-electron chi connectivity index (χ1n) is 3.40. The van der Waals surface area contributed by atoms with Crippen molar-refractivity contribution in [1.82, 2.24) is 4.57 Å². The summed E-state index contributed by atoms with van der Waals surface area (Å²) < 4.78 is 6.99. The predicted molar refractivity (Wildman–Crippen MR) is 49.9 cm³/mol. The summed E-state index contributed by atoms with van der Waals surface area (Å²) in [6.07, 6.45) is 1.79. The number of hydrogen-bond acceptors (Lipinski definition) is 4. The van der Waals surface area contributed by atoms with Gasteiger partial charge in [0.2, 0.25) is 0 Å². The molecule has 0 radical (unpaired) electrons. The number of nitrogens with zero attached hydrogens (tertiary/aromatic N) is 1. The van der Waals surface area contributed by atoms with Crippen LogP contribution in [0.2, 0.25) is 0 Å². The third-order valence-electron chi connectivity index (χ3n) is 1.56. The molecule has 1 heterocycles. The predicted octanol–water partition coefficient (Wildman–Crippen LogP) is 2.01. The molecule has 0 aliphatic rings. The molecule has 1 atom stereocenters. The lowest BCUT2D eigenvalue weighted by molar-refractivity contribution is -0.144. The molecule has 0 fully saturated rings. The van der Waals surface area contributed by atoms with Crippen molar-refractivity contribution in [1.29, 1.82) is 0 Å². The van der Waals surface area contributed by atoms with Gasteiger partial charge in [-0.2, -0.15) is 0 Å². The molecule has 1 aromatic rings. The molecule has 0 aromatic carbocycles. The van der Waals surface area contributed by atoms with Crippen molar-refractivity contribution in [2.24, 2.45) is 0 Å². The second-order valence-corrected chi connectivity index (χ2v) is 3.81. The van der Waals surface area contributed by atoms with Crippen molar-refractivity contribution in [3.8, 4) is 0 Å². The average molecular weight is 203 g/mol. The van der Waals surface area contributed by atoms with Gasteiger partial charge in [-0.1, -0.05) is 0 Å². The van der Waals surface area contributed by atoms with E-state index in [-0.39, 0.29) is 12.0 Å². The molecule has 0 saturated carbocycles. The highest BCUT2D eigenvalue weighted by atomic mass is 32.1. The summed E-state index contributed by atoms with van der Waals surface area (Å²) in [6, 6.07) is -0.325.